The Kier molecular flexibility index (Phi) is 5.81. The first-order chi connectivity index (χ1) is 9.70. The smallest absolute Gasteiger partial charge is 0.0323 e. The lowest BCUT2D eigenvalue weighted by atomic mass is 9.97. The van der Waals surface area contributed by atoms with Crippen molar-refractivity contribution in [1.29, 1.82) is 0 Å². The summed E-state index contributed by atoms with van der Waals surface area (Å²) in [6.07, 6.45) is 3.51. The third kappa shape index (κ3) is 4.19. The van der Waals surface area contributed by atoms with Gasteiger partial charge in [0.25, 0.3) is 0 Å². The Labute approximate surface area is 127 Å². The maximum Gasteiger partial charge on any atom is 0.0323 e. The number of hydrogen-bond donors (Lipinski definition) is 1. The molecule has 0 amide bonds. The van der Waals surface area contributed by atoms with E-state index in [1.165, 1.54) is 34.4 Å². The topological polar surface area (TPSA) is 12.0 Å². The lowest BCUT2D eigenvalue weighted by Crippen LogP contribution is -2.22. The van der Waals surface area contributed by atoms with Crippen LogP contribution < -0.4 is 5.32 Å². The fourth-order valence-corrected chi connectivity index (χ4v) is 3.15. The Morgan fingerprint density at radius 2 is 2.00 bits per heavy atom. The predicted octanol–water partition coefficient (Wildman–Crippen LogP) is 5.04. The average molecular weight is 287 g/mol. The third-order valence-corrected chi connectivity index (χ3v) is 4.77. The van der Waals surface area contributed by atoms with Crippen LogP contribution in [0.15, 0.2) is 35.7 Å². The van der Waals surface area contributed by atoms with Crippen molar-refractivity contribution in [3.8, 4) is 0 Å². The van der Waals surface area contributed by atoms with Gasteiger partial charge >= 0.3 is 0 Å². The number of aryl methyl sites for hydroxylation is 3. The Morgan fingerprint density at radius 1 is 1.15 bits per heavy atom. The van der Waals surface area contributed by atoms with Crippen molar-refractivity contribution < 1.29 is 0 Å². The second-order valence-electron chi connectivity index (χ2n) is 5.47. The highest BCUT2D eigenvalue weighted by Gasteiger charge is 2.11. The monoisotopic (exact) mass is 287 g/mol. The molecule has 1 atom stereocenters. The van der Waals surface area contributed by atoms with Crippen LogP contribution in [0.5, 0.6) is 0 Å². The summed E-state index contributed by atoms with van der Waals surface area (Å²) < 4.78 is 0. The van der Waals surface area contributed by atoms with E-state index in [2.05, 4.69) is 61.8 Å². The highest BCUT2D eigenvalue weighted by molar-refractivity contribution is 7.09. The quantitative estimate of drug-likeness (QED) is 0.752. The molecule has 2 rings (SSSR count). The first-order valence-corrected chi connectivity index (χ1v) is 8.41. The SMILES string of the molecule is CCCNC(CCc1cccs1)c1ccc(C)c(C)c1. The standard InChI is InChI=1S/C18H25NS/c1-4-11-19-18(10-9-17-6-5-12-20-17)16-8-7-14(2)15(3)13-16/h5-8,12-13,18-19H,4,9-11H2,1-3H3. The zero-order chi connectivity index (χ0) is 14.4. The van der Waals surface area contributed by atoms with Crippen LogP contribution in [0, 0.1) is 13.8 Å². The molecule has 0 radical (unpaired) electrons. The van der Waals surface area contributed by atoms with Gasteiger partial charge in [-0.1, -0.05) is 31.2 Å². The van der Waals surface area contributed by atoms with Crippen molar-refractivity contribution >= 4 is 11.3 Å². The van der Waals surface area contributed by atoms with E-state index in [0.717, 1.165) is 13.0 Å². The van der Waals surface area contributed by atoms with Crippen LogP contribution in [0.1, 0.15) is 47.4 Å². The van der Waals surface area contributed by atoms with Gasteiger partial charge in [0, 0.05) is 10.9 Å². The number of hydrogen-bond acceptors (Lipinski definition) is 2. The molecule has 0 saturated heterocycles. The lowest BCUT2D eigenvalue weighted by Gasteiger charge is -2.20. The Hall–Kier alpha value is -1.12. The minimum Gasteiger partial charge on any atom is -0.310 e. The molecule has 0 aliphatic carbocycles. The molecule has 1 nitrogen and oxygen atoms in total. The van der Waals surface area contributed by atoms with E-state index < -0.39 is 0 Å². The molecule has 1 heterocycles. The molecule has 0 bridgehead atoms. The van der Waals surface area contributed by atoms with Crippen molar-refractivity contribution in [2.75, 3.05) is 6.54 Å². The van der Waals surface area contributed by atoms with Crippen LogP contribution in [0.2, 0.25) is 0 Å². The van der Waals surface area contributed by atoms with Crippen LogP contribution in [0.4, 0.5) is 0 Å². The van der Waals surface area contributed by atoms with Gasteiger partial charge in [0.15, 0.2) is 0 Å². The molecule has 1 N–H and O–H groups in total. The van der Waals surface area contributed by atoms with Crippen LogP contribution in [0.3, 0.4) is 0 Å². The summed E-state index contributed by atoms with van der Waals surface area (Å²) >= 11 is 1.86. The van der Waals surface area contributed by atoms with Crippen molar-refractivity contribution in [1.82, 2.24) is 5.32 Å². The van der Waals surface area contributed by atoms with Gasteiger partial charge in [-0.2, -0.15) is 0 Å². The summed E-state index contributed by atoms with van der Waals surface area (Å²) in [7, 11) is 0. The minimum absolute atomic E-state index is 0.469. The molecule has 0 fully saturated rings. The van der Waals surface area contributed by atoms with Gasteiger partial charge in [-0.05, 0) is 67.8 Å². The number of rotatable bonds is 7. The lowest BCUT2D eigenvalue weighted by molar-refractivity contribution is 0.500. The minimum atomic E-state index is 0.469. The number of benzene rings is 1. The second kappa shape index (κ2) is 7.61. The molecular formula is C18H25NS. The predicted molar refractivity (Wildman–Crippen MR) is 89.6 cm³/mol. The van der Waals surface area contributed by atoms with E-state index in [4.69, 9.17) is 0 Å². The van der Waals surface area contributed by atoms with E-state index in [0.29, 0.717) is 6.04 Å². The third-order valence-electron chi connectivity index (χ3n) is 3.83. The Morgan fingerprint density at radius 3 is 2.65 bits per heavy atom. The zero-order valence-corrected chi connectivity index (χ0v) is 13.6. The highest BCUT2D eigenvalue weighted by Crippen LogP contribution is 2.23. The first-order valence-electron chi connectivity index (χ1n) is 7.53. The van der Waals surface area contributed by atoms with Crippen LogP contribution in [-0.2, 0) is 6.42 Å². The molecule has 0 aliphatic heterocycles. The van der Waals surface area contributed by atoms with Gasteiger partial charge in [0.2, 0.25) is 0 Å². The summed E-state index contributed by atoms with van der Waals surface area (Å²) in [5, 5.41) is 5.87. The molecule has 20 heavy (non-hydrogen) atoms. The fourth-order valence-electron chi connectivity index (χ4n) is 2.43. The molecule has 1 aromatic carbocycles. The van der Waals surface area contributed by atoms with E-state index in [-0.39, 0.29) is 0 Å². The van der Waals surface area contributed by atoms with Gasteiger partial charge in [-0.15, -0.1) is 11.3 Å². The first kappa shape index (κ1) is 15.3. The normalized spacial score (nSPS) is 12.6. The molecule has 2 aromatic rings. The molecule has 108 valence electrons. The molecule has 0 aliphatic rings. The van der Waals surface area contributed by atoms with Crippen molar-refractivity contribution in [2.45, 2.75) is 46.1 Å². The van der Waals surface area contributed by atoms with Gasteiger partial charge < -0.3 is 5.32 Å². The Bertz CT molecular complexity index is 516. The van der Waals surface area contributed by atoms with E-state index >= 15 is 0 Å². The van der Waals surface area contributed by atoms with E-state index in [9.17, 15) is 0 Å². The second-order valence-corrected chi connectivity index (χ2v) is 6.50. The summed E-state index contributed by atoms with van der Waals surface area (Å²) in [6.45, 7) is 7.69. The summed E-state index contributed by atoms with van der Waals surface area (Å²) in [4.78, 5) is 1.48. The summed E-state index contributed by atoms with van der Waals surface area (Å²) in [5.74, 6) is 0. The maximum absolute atomic E-state index is 3.70. The van der Waals surface area contributed by atoms with Gasteiger partial charge in [0.05, 0.1) is 0 Å². The summed E-state index contributed by atoms with van der Waals surface area (Å²) in [5.41, 5.74) is 4.20. The van der Waals surface area contributed by atoms with E-state index in [1.807, 2.05) is 11.3 Å². The number of nitrogens with one attached hydrogen (secondary N) is 1. The van der Waals surface area contributed by atoms with E-state index in [1.54, 1.807) is 0 Å². The van der Waals surface area contributed by atoms with Crippen molar-refractivity contribution in [3.05, 3.63) is 57.3 Å². The van der Waals surface area contributed by atoms with Crippen LogP contribution in [-0.4, -0.2) is 6.54 Å². The van der Waals surface area contributed by atoms with Gasteiger partial charge in [0.1, 0.15) is 0 Å². The zero-order valence-electron chi connectivity index (χ0n) is 12.8. The Balaban J connectivity index is 2.07. The van der Waals surface area contributed by atoms with Gasteiger partial charge in [-0.25, -0.2) is 0 Å². The van der Waals surface area contributed by atoms with Gasteiger partial charge in [-0.3, -0.25) is 0 Å². The van der Waals surface area contributed by atoms with Crippen molar-refractivity contribution in [3.63, 3.8) is 0 Å². The molecule has 1 unspecified atom stereocenters. The largest absolute Gasteiger partial charge is 0.310 e. The molecule has 1 aromatic heterocycles. The van der Waals surface area contributed by atoms with Crippen LogP contribution in [0.25, 0.3) is 0 Å². The molecule has 0 saturated carbocycles. The fraction of sp³-hybridized carbons (Fsp3) is 0.444. The molecular weight excluding hydrogens is 262 g/mol. The van der Waals surface area contributed by atoms with Crippen LogP contribution >= 0.6 is 11.3 Å². The molecule has 2 heteroatoms. The van der Waals surface area contributed by atoms with Crippen molar-refractivity contribution in [2.24, 2.45) is 0 Å². The number of thiophene rings is 1. The summed E-state index contributed by atoms with van der Waals surface area (Å²) in [6, 6.07) is 11.7. The highest BCUT2D eigenvalue weighted by atomic mass is 32.1. The average Bonchev–Trinajstić information content (AvgIpc) is 2.95. The molecule has 0 spiro atoms. The maximum atomic E-state index is 3.70.